The number of nitrogens with two attached hydrogens (primary N) is 1. The fourth-order valence-corrected chi connectivity index (χ4v) is 2.20. The smallest absolute Gasteiger partial charge is 0.145 e. The Labute approximate surface area is 113 Å². The van der Waals surface area contributed by atoms with E-state index >= 15 is 0 Å². The predicted octanol–water partition coefficient (Wildman–Crippen LogP) is 1.46. The molecule has 0 amide bonds. The molecule has 1 aromatic heterocycles. The standard InChI is InChI=1S/C13H23N5O/c1-7(2)12-16-10(6-11(17-12)18-14)15-8-5-9(19)13(8,3)4/h6-9,19H,5,14H2,1-4H3,(H2,15,16,17,18). The molecule has 1 saturated carbocycles. The summed E-state index contributed by atoms with van der Waals surface area (Å²) in [6.07, 6.45) is 0.475. The Morgan fingerprint density at radius 3 is 2.47 bits per heavy atom. The van der Waals surface area contributed by atoms with E-state index in [1.165, 1.54) is 0 Å². The van der Waals surface area contributed by atoms with Crippen molar-refractivity contribution in [1.29, 1.82) is 0 Å². The lowest BCUT2D eigenvalue weighted by atomic mass is 9.64. The summed E-state index contributed by atoms with van der Waals surface area (Å²) in [6.45, 7) is 8.17. The Morgan fingerprint density at radius 2 is 2.00 bits per heavy atom. The highest BCUT2D eigenvalue weighted by Gasteiger charge is 2.47. The van der Waals surface area contributed by atoms with Crippen LogP contribution in [-0.4, -0.2) is 27.2 Å². The summed E-state index contributed by atoms with van der Waals surface area (Å²) in [5.41, 5.74) is 2.42. The van der Waals surface area contributed by atoms with Gasteiger partial charge in [0.2, 0.25) is 0 Å². The zero-order valence-electron chi connectivity index (χ0n) is 11.9. The molecule has 0 bridgehead atoms. The van der Waals surface area contributed by atoms with Crippen molar-refractivity contribution in [3.63, 3.8) is 0 Å². The second-order valence-corrected chi connectivity index (χ2v) is 6.07. The van der Waals surface area contributed by atoms with Gasteiger partial charge in [-0.15, -0.1) is 0 Å². The van der Waals surface area contributed by atoms with E-state index in [1.807, 2.05) is 27.7 Å². The van der Waals surface area contributed by atoms with Crippen LogP contribution in [-0.2, 0) is 0 Å². The van der Waals surface area contributed by atoms with E-state index in [4.69, 9.17) is 5.84 Å². The van der Waals surface area contributed by atoms with E-state index in [9.17, 15) is 5.11 Å². The van der Waals surface area contributed by atoms with E-state index in [0.717, 1.165) is 18.1 Å². The Morgan fingerprint density at radius 1 is 1.37 bits per heavy atom. The van der Waals surface area contributed by atoms with Crippen molar-refractivity contribution in [2.45, 2.75) is 52.2 Å². The minimum absolute atomic E-state index is 0.140. The second-order valence-electron chi connectivity index (χ2n) is 6.07. The first kappa shape index (κ1) is 14.0. The maximum atomic E-state index is 9.76. The molecule has 1 fully saturated rings. The highest BCUT2D eigenvalue weighted by Crippen LogP contribution is 2.42. The maximum absolute atomic E-state index is 9.76. The molecule has 1 aromatic rings. The highest BCUT2D eigenvalue weighted by molar-refractivity contribution is 5.48. The molecule has 106 valence electrons. The van der Waals surface area contributed by atoms with E-state index in [1.54, 1.807) is 6.07 Å². The topological polar surface area (TPSA) is 96.1 Å². The minimum Gasteiger partial charge on any atom is -0.392 e. The summed E-state index contributed by atoms with van der Waals surface area (Å²) in [6, 6.07) is 2.00. The van der Waals surface area contributed by atoms with Crippen LogP contribution in [0.3, 0.4) is 0 Å². The van der Waals surface area contributed by atoms with Gasteiger partial charge in [0.1, 0.15) is 17.5 Å². The van der Waals surface area contributed by atoms with Crippen molar-refractivity contribution in [2.75, 3.05) is 10.7 Å². The number of rotatable bonds is 4. The molecule has 0 radical (unpaired) electrons. The van der Waals surface area contributed by atoms with Gasteiger partial charge in [-0.3, -0.25) is 0 Å². The molecule has 6 heteroatoms. The summed E-state index contributed by atoms with van der Waals surface area (Å²) in [7, 11) is 0. The molecule has 2 atom stereocenters. The fourth-order valence-electron chi connectivity index (χ4n) is 2.20. The van der Waals surface area contributed by atoms with Gasteiger partial charge in [0.15, 0.2) is 0 Å². The van der Waals surface area contributed by atoms with Crippen molar-refractivity contribution in [3.8, 4) is 0 Å². The van der Waals surface area contributed by atoms with Crippen molar-refractivity contribution in [1.82, 2.24) is 9.97 Å². The lowest BCUT2D eigenvalue weighted by molar-refractivity contribution is -0.0511. The van der Waals surface area contributed by atoms with Crippen LogP contribution in [0.15, 0.2) is 6.07 Å². The molecule has 0 aliphatic heterocycles. The van der Waals surface area contributed by atoms with Gasteiger partial charge in [0.05, 0.1) is 6.10 Å². The van der Waals surface area contributed by atoms with Crippen LogP contribution in [0.1, 0.15) is 45.9 Å². The Balaban J connectivity index is 2.18. The molecule has 0 saturated heterocycles. The summed E-state index contributed by atoms with van der Waals surface area (Å²) in [4.78, 5) is 8.81. The van der Waals surface area contributed by atoms with Gasteiger partial charge in [0.25, 0.3) is 0 Å². The fraction of sp³-hybridized carbons (Fsp3) is 0.692. The summed E-state index contributed by atoms with van der Waals surface area (Å²) >= 11 is 0. The van der Waals surface area contributed by atoms with Crippen molar-refractivity contribution >= 4 is 11.6 Å². The Hall–Kier alpha value is -1.40. The number of hydrogen-bond donors (Lipinski definition) is 4. The number of aromatic nitrogens is 2. The summed E-state index contributed by atoms with van der Waals surface area (Å²) in [5.74, 6) is 7.75. The van der Waals surface area contributed by atoms with Gasteiger partial charge >= 0.3 is 0 Å². The van der Waals surface area contributed by atoms with E-state index < -0.39 is 0 Å². The third kappa shape index (κ3) is 2.64. The average Bonchev–Trinajstić information content (AvgIpc) is 2.38. The molecule has 1 aliphatic rings. The first-order valence-corrected chi connectivity index (χ1v) is 6.64. The molecular weight excluding hydrogens is 242 g/mol. The minimum atomic E-state index is -0.261. The van der Waals surface area contributed by atoms with Gasteiger partial charge in [-0.25, -0.2) is 15.8 Å². The highest BCUT2D eigenvalue weighted by atomic mass is 16.3. The van der Waals surface area contributed by atoms with Crippen LogP contribution in [0, 0.1) is 5.41 Å². The van der Waals surface area contributed by atoms with Gasteiger partial charge in [-0.2, -0.15) is 0 Å². The Kier molecular flexibility index (Phi) is 3.64. The first-order valence-electron chi connectivity index (χ1n) is 6.64. The molecular formula is C13H23N5O. The maximum Gasteiger partial charge on any atom is 0.145 e. The van der Waals surface area contributed by atoms with Crippen LogP contribution in [0.2, 0.25) is 0 Å². The van der Waals surface area contributed by atoms with Crippen molar-refractivity contribution < 1.29 is 5.11 Å². The van der Waals surface area contributed by atoms with Crippen LogP contribution >= 0.6 is 0 Å². The molecule has 1 heterocycles. The molecule has 5 N–H and O–H groups in total. The van der Waals surface area contributed by atoms with Crippen LogP contribution in [0.5, 0.6) is 0 Å². The third-order valence-electron chi connectivity index (χ3n) is 3.95. The lowest BCUT2D eigenvalue weighted by Gasteiger charge is -2.49. The second kappa shape index (κ2) is 4.94. The third-order valence-corrected chi connectivity index (χ3v) is 3.95. The number of anilines is 2. The SMILES string of the molecule is CC(C)c1nc(NN)cc(NC2CC(O)C2(C)C)n1. The molecule has 6 nitrogen and oxygen atoms in total. The molecule has 19 heavy (non-hydrogen) atoms. The van der Waals surface area contributed by atoms with Crippen LogP contribution in [0.25, 0.3) is 0 Å². The largest absolute Gasteiger partial charge is 0.392 e. The van der Waals surface area contributed by atoms with E-state index in [2.05, 4.69) is 20.7 Å². The number of nitrogen functional groups attached to an aromatic ring is 1. The van der Waals surface area contributed by atoms with Gasteiger partial charge < -0.3 is 15.8 Å². The molecule has 2 rings (SSSR count). The number of aliphatic hydroxyl groups excluding tert-OH is 1. The zero-order valence-corrected chi connectivity index (χ0v) is 11.9. The summed E-state index contributed by atoms with van der Waals surface area (Å²) < 4.78 is 0. The number of hydrogen-bond acceptors (Lipinski definition) is 6. The van der Waals surface area contributed by atoms with Crippen LogP contribution in [0.4, 0.5) is 11.6 Å². The normalized spacial score (nSPS) is 25.0. The number of hydrazine groups is 1. The number of nitrogens with one attached hydrogen (secondary N) is 2. The van der Waals surface area contributed by atoms with Crippen molar-refractivity contribution in [3.05, 3.63) is 11.9 Å². The summed E-state index contributed by atoms with van der Waals surface area (Å²) in [5, 5.41) is 13.1. The van der Waals surface area contributed by atoms with Gasteiger partial charge in [0, 0.05) is 23.4 Å². The predicted molar refractivity (Wildman–Crippen MR) is 75.7 cm³/mol. The van der Waals surface area contributed by atoms with E-state index in [0.29, 0.717) is 5.82 Å². The lowest BCUT2D eigenvalue weighted by Crippen LogP contribution is -2.57. The first-order chi connectivity index (χ1) is 8.84. The number of nitrogens with zero attached hydrogens (tertiary/aromatic N) is 2. The number of aliphatic hydroxyl groups is 1. The average molecular weight is 265 g/mol. The molecule has 0 spiro atoms. The van der Waals surface area contributed by atoms with E-state index in [-0.39, 0.29) is 23.5 Å². The monoisotopic (exact) mass is 265 g/mol. The van der Waals surface area contributed by atoms with Crippen molar-refractivity contribution in [2.24, 2.45) is 11.3 Å². The molecule has 2 unspecified atom stereocenters. The Bertz CT molecular complexity index is 460. The van der Waals surface area contributed by atoms with Gasteiger partial charge in [-0.1, -0.05) is 27.7 Å². The molecule has 1 aliphatic carbocycles. The van der Waals surface area contributed by atoms with Gasteiger partial charge in [-0.05, 0) is 6.42 Å². The molecule has 0 aromatic carbocycles. The quantitative estimate of drug-likeness (QED) is 0.486. The van der Waals surface area contributed by atoms with Crippen LogP contribution < -0.4 is 16.6 Å². The zero-order chi connectivity index (χ0) is 14.2.